The molecule has 5 nitrogen and oxygen atoms in total. The molecule has 0 aliphatic heterocycles. The van der Waals surface area contributed by atoms with Crippen LogP contribution < -0.4 is 9.79 Å². The summed E-state index contributed by atoms with van der Waals surface area (Å²) in [7, 11) is -8.28. The summed E-state index contributed by atoms with van der Waals surface area (Å²) in [5.74, 6) is 4.66. The molecule has 5 aliphatic rings. The van der Waals surface area contributed by atoms with Gasteiger partial charge in [0.15, 0.2) is 0 Å². The van der Waals surface area contributed by atoms with Crippen molar-refractivity contribution in [2.24, 2.45) is 64.6 Å². The zero-order chi connectivity index (χ0) is 25.9. The first-order chi connectivity index (χ1) is 16.9. The van der Waals surface area contributed by atoms with Crippen molar-refractivity contribution in [1.82, 2.24) is 0 Å². The van der Waals surface area contributed by atoms with Crippen LogP contribution in [0.1, 0.15) is 59.3 Å². The van der Waals surface area contributed by atoms with Crippen molar-refractivity contribution < 1.29 is 514 Å². The average Bonchev–Trinajstić information content (AvgIpc) is 3.39. The van der Waals surface area contributed by atoms with E-state index in [9.17, 15) is 18.9 Å². The Bertz CT molecular complexity index is 973. The van der Waals surface area contributed by atoms with Gasteiger partial charge in [-0.2, -0.15) is 53.8 Å². The summed E-state index contributed by atoms with van der Waals surface area (Å²) in [4.78, 5) is 23.7. The largest absolute Gasteiger partial charge is 0.799 e. The second-order valence-corrected chi connectivity index (χ2v) is 17.5. The SMILES string of the molecule is CC[C-]=CCC1[CH-]C2CC3[CH-]C4C([CH-]C3CC2[CH-]C1C)CCC1(C)C(COP(=O)([O-])CP(C)(=O)[O-])C41.[Y].[Y].[Y].[Y].[Y].[Y].[Y].[Y].[Y].[Y].[Y].[Y].[Y].[Y].[Y]. The number of hydrogen-bond acceptors (Lipinski definition) is 5. The summed E-state index contributed by atoms with van der Waals surface area (Å²) in [5.41, 5.74) is 0.107. The van der Waals surface area contributed by atoms with Gasteiger partial charge in [0.1, 0.15) is 7.60 Å². The van der Waals surface area contributed by atoms with E-state index in [0.29, 0.717) is 53.3 Å². The van der Waals surface area contributed by atoms with Crippen molar-refractivity contribution >= 4 is 15.0 Å². The van der Waals surface area contributed by atoms with E-state index in [-0.39, 0.29) is 509 Å². The predicted molar refractivity (Wildman–Crippen MR) is 139 cm³/mol. The smallest absolute Gasteiger partial charge is 0.141 e. The minimum atomic E-state index is -4.37. The Morgan fingerprint density at radius 3 is 1.73 bits per heavy atom. The van der Waals surface area contributed by atoms with Gasteiger partial charge in [-0.25, -0.2) is 0 Å². The van der Waals surface area contributed by atoms with E-state index in [1.807, 2.05) is 0 Å². The number of fused-ring (bicyclic) bond motifs is 5. The van der Waals surface area contributed by atoms with Gasteiger partial charge >= 0.3 is 0 Å². The Kier molecular flexibility index (Phi) is 83.1. The van der Waals surface area contributed by atoms with Crippen LogP contribution in [0.15, 0.2) is 6.08 Å². The van der Waals surface area contributed by atoms with E-state index in [1.54, 1.807) is 0 Å². The fraction of sp³-hybridized carbons (Fsp3) is 0.793. The fourth-order valence-corrected chi connectivity index (χ4v) is 11.8. The molecule has 0 aromatic rings. The van der Waals surface area contributed by atoms with Gasteiger partial charge in [0, 0.05) is 498 Å². The summed E-state index contributed by atoms with van der Waals surface area (Å²) in [6.07, 6.45) is 23.1. The zero-order valence-corrected chi connectivity index (χ0v) is 75.3. The molecule has 0 N–H and O–H groups in total. The summed E-state index contributed by atoms with van der Waals surface area (Å²) < 4.78 is 29.0. The van der Waals surface area contributed by atoms with Crippen molar-refractivity contribution in [2.75, 3.05) is 19.2 Å². The van der Waals surface area contributed by atoms with E-state index in [0.717, 1.165) is 32.3 Å². The number of allylic oxidation sites excluding steroid dienone is 2. The Morgan fingerprint density at radius 2 is 1.24 bits per heavy atom. The quantitative estimate of drug-likeness (QED) is 0.236. The molecule has 51 heavy (non-hydrogen) atoms. The maximum atomic E-state index is 12.2. The van der Waals surface area contributed by atoms with E-state index in [2.05, 4.69) is 58.6 Å². The molecule has 5 rings (SSSR count). The van der Waals surface area contributed by atoms with Crippen LogP contribution in [0.5, 0.6) is 0 Å². The molecule has 5 fully saturated rings. The first kappa shape index (κ1) is 93.6. The maximum Gasteiger partial charge on any atom is 0.141 e. The van der Waals surface area contributed by atoms with E-state index in [4.69, 9.17) is 4.52 Å². The molecular weight excluding hydrogens is 1820 g/mol. The van der Waals surface area contributed by atoms with Crippen LogP contribution in [0.2, 0.25) is 0 Å². The molecule has 251 valence electrons. The standard InChI is InChI=1S/C29H45O5P2.15Y/c1-5-6-7-8-20-12-23-15-25-16-26-21(13-24(25)14-22(23)11-19(20)2)9-10-29(3)27(28(26)29)17-34-36(32,33)18-35(4,30)31;;;;;;;;;;;;;;;/h7,11-13,16,19-28H,5,8-10,14-15,17-18H2,1-4H3,(H,30,31)(H,32,33);;;;;;;;;;;;;;;/q-5;;;;;;;;;;;;;;;/p-2. The van der Waals surface area contributed by atoms with Crippen LogP contribution in [0, 0.1) is 96.4 Å². The molecule has 13 atom stereocenters. The number of rotatable bonds is 8. The Hall–Kier alpha value is 16.6. The molecule has 0 saturated heterocycles. The van der Waals surface area contributed by atoms with Crippen LogP contribution >= 0.6 is 15.0 Å². The van der Waals surface area contributed by atoms with Gasteiger partial charge in [-0.15, -0.1) is 12.8 Å². The minimum absolute atomic E-state index is 0. The Morgan fingerprint density at radius 1 is 0.765 bits per heavy atom. The molecule has 0 heterocycles. The molecule has 22 heteroatoms. The molecule has 0 amide bonds. The van der Waals surface area contributed by atoms with Gasteiger partial charge < -0.3 is 55.2 Å². The van der Waals surface area contributed by atoms with Crippen LogP contribution in [-0.2, 0) is 504 Å². The van der Waals surface area contributed by atoms with E-state index < -0.39 is 20.9 Å². The normalized spacial score (nSPS) is 34.7. The van der Waals surface area contributed by atoms with Crippen molar-refractivity contribution in [2.45, 2.75) is 59.3 Å². The monoisotopic (exact) mass is 1870 g/mol. The van der Waals surface area contributed by atoms with Crippen molar-refractivity contribution in [3.05, 3.63) is 37.8 Å². The first-order valence-electron chi connectivity index (χ1n) is 14.1. The van der Waals surface area contributed by atoms with Gasteiger partial charge in [-0.05, 0) is 24.4 Å². The zero-order valence-electron chi connectivity index (χ0n) is 30.9. The summed E-state index contributed by atoms with van der Waals surface area (Å²) in [5, 5.41) is 0. The van der Waals surface area contributed by atoms with Gasteiger partial charge in [0.2, 0.25) is 0 Å². The molecule has 0 bridgehead atoms. The van der Waals surface area contributed by atoms with Gasteiger partial charge in [0.05, 0.1) is 12.5 Å². The van der Waals surface area contributed by atoms with Crippen LogP contribution in [0.4, 0.5) is 0 Å². The van der Waals surface area contributed by atoms with Crippen molar-refractivity contribution in [1.29, 1.82) is 0 Å². The second-order valence-electron chi connectivity index (χ2n) is 12.9. The van der Waals surface area contributed by atoms with Crippen molar-refractivity contribution in [3.63, 3.8) is 0 Å². The molecule has 0 aromatic heterocycles. The molecule has 5 aliphatic carbocycles. The predicted octanol–water partition coefficient (Wildman–Crippen LogP) is 5.54. The van der Waals surface area contributed by atoms with Gasteiger partial charge in [-0.3, -0.25) is 6.08 Å². The summed E-state index contributed by atoms with van der Waals surface area (Å²) >= 11 is 0. The molecule has 0 spiro atoms. The third kappa shape index (κ3) is 29.2. The minimum Gasteiger partial charge on any atom is -0.799 e. The topological polar surface area (TPSA) is 89.5 Å². The summed E-state index contributed by atoms with van der Waals surface area (Å²) in [6.45, 7) is 7.89. The fourth-order valence-electron chi connectivity index (χ4n) is 8.52. The average molecular weight is 1870 g/mol. The Balaban J connectivity index is -0.000000119. The molecule has 0 aromatic carbocycles. The van der Waals surface area contributed by atoms with Crippen LogP contribution in [0.25, 0.3) is 0 Å². The third-order valence-electron chi connectivity index (χ3n) is 10.4. The molecular formula is C29H43O5P2Y15-7. The third-order valence-corrected chi connectivity index (χ3v) is 14.3. The van der Waals surface area contributed by atoms with Gasteiger partial charge in [0.25, 0.3) is 0 Å². The summed E-state index contributed by atoms with van der Waals surface area (Å²) in [6, 6.07) is 0. The van der Waals surface area contributed by atoms with E-state index in [1.165, 1.54) is 12.8 Å². The van der Waals surface area contributed by atoms with Crippen molar-refractivity contribution in [3.8, 4) is 0 Å². The molecule has 15 radical (unpaired) electrons. The number of hydrogen-bond donors (Lipinski definition) is 0. The van der Waals surface area contributed by atoms with Crippen LogP contribution in [0.3, 0.4) is 0 Å². The van der Waals surface area contributed by atoms with Gasteiger partial charge in [-0.1, -0.05) is 39.5 Å². The first-order valence-corrected chi connectivity index (χ1v) is 18.1. The second kappa shape index (κ2) is 45.3. The van der Waals surface area contributed by atoms with E-state index >= 15 is 0 Å². The Labute approximate surface area is 690 Å². The van der Waals surface area contributed by atoms with Crippen LogP contribution in [-0.4, -0.2) is 19.2 Å². The molecule has 13 unspecified atom stereocenters. The molecule has 5 saturated carbocycles. The maximum absolute atomic E-state index is 12.2.